The standard InChI is InChI=1S/C12H13ClO3/c1-16-12(15)11-5-4-9(3-2-6-14)7-10(11)8-13/h4-7H,2-3,8H2,1H3. The predicted molar refractivity (Wildman–Crippen MR) is 61.7 cm³/mol. The average molecular weight is 241 g/mol. The lowest BCUT2D eigenvalue weighted by Gasteiger charge is -2.07. The summed E-state index contributed by atoms with van der Waals surface area (Å²) >= 11 is 5.76. The molecule has 0 aromatic heterocycles. The molecule has 86 valence electrons. The first kappa shape index (κ1) is 12.7. The first-order chi connectivity index (χ1) is 7.72. The van der Waals surface area contributed by atoms with Crippen LogP contribution in [0.15, 0.2) is 18.2 Å². The van der Waals surface area contributed by atoms with Crippen molar-refractivity contribution in [2.75, 3.05) is 7.11 Å². The molecule has 16 heavy (non-hydrogen) atoms. The monoisotopic (exact) mass is 240 g/mol. The molecular formula is C12H13ClO3. The highest BCUT2D eigenvalue weighted by molar-refractivity contribution is 6.17. The number of benzene rings is 1. The summed E-state index contributed by atoms with van der Waals surface area (Å²) in [4.78, 5) is 21.6. The molecule has 3 nitrogen and oxygen atoms in total. The van der Waals surface area contributed by atoms with Crippen molar-refractivity contribution in [1.82, 2.24) is 0 Å². The summed E-state index contributed by atoms with van der Waals surface area (Å²) in [6.07, 6.45) is 2.00. The number of rotatable bonds is 5. The largest absolute Gasteiger partial charge is 0.465 e. The molecule has 0 saturated carbocycles. The van der Waals surface area contributed by atoms with E-state index in [2.05, 4.69) is 4.74 Å². The number of carbonyl (C=O) groups is 2. The Morgan fingerprint density at radius 3 is 2.81 bits per heavy atom. The maximum absolute atomic E-state index is 11.4. The van der Waals surface area contributed by atoms with Gasteiger partial charge < -0.3 is 9.53 Å². The number of hydrogen-bond donors (Lipinski definition) is 0. The molecule has 0 spiro atoms. The van der Waals surface area contributed by atoms with Gasteiger partial charge in [0.15, 0.2) is 0 Å². The van der Waals surface area contributed by atoms with Crippen molar-refractivity contribution in [2.45, 2.75) is 18.7 Å². The number of esters is 1. The van der Waals surface area contributed by atoms with Gasteiger partial charge in [0.25, 0.3) is 0 Å². The van der Waals surface area contributed by atoms with Crippen molar-refractivity contribution in [3.05, 3.63) is 34.9 Å². The topological polar surface area (TPSA) is 43.4 Å². The highest BCUT2D eigenvalue weighted by Crippen LogP contribution is 2.16. The number of methoxy groups -OCH3 is 1. The van der Waals surface area contributed by atoms with Crippen LogP contribution < -0.4 is 0 Å². The van der Waals surface area contributed by atoms with E-state index >= 15 is 0 Å². The molecule has 1 aromatic rings. The molecule has 0 amide bonds. The number of alkyl halides is 1. The van der Waals surface area contributed by atoms with E-state index in [0.717, 1.165) is 17.4 Å². The number of carbonyl (C=O) groups excluding carboxylic acids is 2. The van der Waals surface area contributed by atoms with E-state index in [1.165, 1.54) is 7.11 Å². The summed E-state index contributed by atoms with van der Waals surface area (Å²) in [5, 5.41) is 0. The highest BCUT2D eigenvalue weighted by Gasteiger charge is 2.11. The summed E-state index contributed by atoms with van der Waals surface area (Å²) < 4.78 is 4.65. The van der Waals surface area contributed by atoms with E-state index in [0.29, 0.717) is 18.4 Å². The molecule has 0 aliphatic rings. The molecule has 0 heterocycles. The van der Waals surface area contributed by atoms with E-state index in [1.807, 2.05) is 12.1 Å². The van der Waals surface area contributed by atoms with Crippen LogP contribution in [0.1, 0.15) is 27.9 Å². The third kappa shape index (κ3) is 3.07. The molecule has 0 atom stereocenters. The van der Waals surface area contributed by atoms with Crippen LogP contribution in [0.25, 0.3) is 0 Å². The minimum atomic E-state index is -0.391. The fourth-order valence-electron chi connectivity index (χ4n) is 1.45. The van der Waals surface area contributed by atoms with Crippen LogP contribution in [0.2, 0.25) is 0 Å². The van der Waals surface area contributed by atoms with Gasteiger partial charge in [-0.3, -0.25) is 0 Å². The van der Waals surface area contributed by atoms with Gasteiger partial charge in [-0.05, 0) is 23.6 Å². The van der Waals surface area contributed by atoms with Crippen LogP contribution in [0.4, 0.5) is 0 Å². The summed E-state index contributed by atoms with van der Waals surface area (Å²) in [6.45, 7) is 0. The molecular weight excluding hydrogens is 228 g/mol. The molecule has 1 rings (SSSR count). The predicted octanol–water partition coefficient (Wildman–Crippen LogP) is 2.34. The second-order valence-corrected chi connectivity index (χ2v) is 3.59. The quantitative estimate of drug-likeness (QED) is 0.451. The van der Waals surface area contributed by atoms with E-state index in [9.17, 15) is 9.59 Å². The minimum Gasteiger partial charge on any atom is -0.465 e. The number of aldehydes is 1. The summed E-state index contributed by atoms with van der Waals surface area (Å²) in [7, 11) is 1.33. The van der Waals surface area contributed by atoms with Crippen molar-refractivity contribution in [3.8, 4) is 0 Å². The van der Waals surface area contributed by atoms with Crippen molar-refractivity contribution in [3.63, 3.8) is 0 Å². The van der Waals surface area contributed by atoms with Gasteiger partial charge >= 0.3 is 5.97 Å². The smallest absolute Gasteiger partial charge is 0.338 e. The van der Waals surface area contributed by atoms with Gasteiger partial charge in [-0.1, -0.05) is 12.1 Å². The molecule has 0 radical (unpaired) electrons. The minimum absolute atomic E-state index is 0.249. The van der Waals surface area contributed by atoms with Gasteiger partial charge in [-0.2, -0.15) is 0 Å². The fourth-order valence-corrected chi connectivity index (χ4v) is 1.67. The van der Waals surface area contributed by atoms with Gasteiger partial charge in [0.05, 0.1) is 12.7 Å². The summed E-state index contributed by atoms with van der Waals surface area (Å²) in [5.41, 5.74) is 2.21. The molecule has 0 saturated heterocycles. The van der Waals surface area contributed by atoms with Crippen LogP contribution in [-0.4, -0.2) is 19.4 Å². The second-order valence-electron chi connectivity index (χ2n) is 3.32. The zero-order chi connectivity index (χ0) is 12.0. The molecule has 0 aliphatic heterocycles. The van der Waals surface area contributed by atoms with Crippen LogP contribution in [-0.2, 0) is 21.8 Å². The average Bonchev–Trinajstić information content (AvgIpc) is 2.34. The number of halogens is 1. The van der Waals surface area contributed by atoms with Crippen LogP contribution in [0.3, 0.4) is 0 Å². The lowest BCUT2D eigenvalue weighted by atomic mass is 10.0. The van der Waals surface area contributed by atoms with Gasteiger partial charge in [0.2, 0.25) is 0 Å². The van der Waals surface area contributed by atoms with Gasteiger partial charge in [0.1, 0.15) is 6.29 Å². The maximum atomic E-state index is 11.4. The third-order valence-electron chi connectivity index (χ3n) is 2.27. The molecule has 0 aliphatic carbocycles. The SMILES string of the molecule is COC(=O)c1ccc(CCC=O)cc1CCl. The molecule has 0 unspecified atom stereocenters. The van der Waals surface area contributed by atoms with Crippen LogP contribution >= 0.6 is 11.6 Å². The first-order valence-corrected chi connectivity index (χ1v) is 5.46. The van der Waals surface area contributed by atoms with E-state index in [-0.39, 0.29) is 5.88 Å². The van der Waals surface area contributed by atoms with Crippen LogP contribution in [0, 0.1) is 0 Å². The number of ether oxygens (including phenoxy) is 1. The lowest BCUT2D eigenvalue weighted by molar-refractivity contribution is -0.107. The Kier molecular flexibility index (Phi) is 4.99. The Hall–Kier alpha value is -1.35. The number of hydrogen-bond acceptors (Lipinski definition) is 3. The molecule has 1 aromatic carbocycles. The van der Waals surface area contributed by atoms with E-state index in [4.69, 9.17) is 11.6 Å². The van der Waals surface area contributed by atoms with Crippen molar-refractivity contribution < 1.29 is 14.3 Å². The highest BCUT2D eigenvalue weighted by atomic mass is 35.5. The second kappa shape index (κ2) is 6.28. The van der Waals surface area contributed by atoms with Crippen molar-refractivity contribution >= 4 is 23.9 Å². The van der Waals surface area contributed by atoms with Crippen molar-refractivity contribution in [1.29, 1.82) is 0 Å². The van der Waals surface area contributed by atoms with Gasteiger partial charge in [-0.15, -0.1) is 11.6 Å². The zero-order valence-corrected chi connectivity index (χ0v) is 9.79. The van der Waals surface area contributed by atoms with Crippen molar-refractivity contribution in [2.24, 2.45) is 0 Å². The van der Waals surface area contributed by atoms with Gasteiger partial charge in [-0.25, -0.2) is 4.79 Å². The third-order valence-corrected chi connectivity index (χ3v) is 2.56. The maximum Gasteiger partial charge on any atom is 0.338 e. The summed E-state index contributed by atoms with van der Waals surface area (Å²) in [5.74, 6) is -0.142. The normalized spacial score (nSPS) is 9.88. The Morgan fingerprint density at radius 1 is 1.50 bits per heavy atom. The zero-order valence-electron chi connectivity index (χ0n) is 9.03. The Labute approximate surface area is 99.4 Å². The fraction of sp³-hybridized carbons (Fsp3) is 0.333. The molecule has 0 N–H and O–H groups in total. The summed E-state index contributed by atoms with van der Waals surface area (Å²) in [6, 6.07) is 5.33. The number of aryl methyl sites for hydroxylation is 1. The van der Waals surface area contributed by atoms with E-state index in [1.54, 1.807) is 6.07 Å². The lowest BCUT2D eigenvalue weighted by Crippen LogP contribution is -2.05. The Morgan fingerprint density at radius 2 is 2.25 bits per heavy atom. The van der Waals surface area contributed by atoms with Crippen LogP contribution in [0.5, 0.6) is 0 Å². The Bertz CT molecular complexity index is 388. The molecule has 0 bridgehead atoms. The van der Waals surface area contributed by atoms with Gasteiger partial charge in [0, 0.05) is 12.3 Å². The first-order valence-electron chi connectivity index (χ1n) is 4.92. The van der Waals surface area contributed by atoms with E-state index < -0.39 is 5.97 Å². The molecule has 0 fully saturated rings. The molecule has 4 heteroatoms. The Balaban J connectivity index is 2.96.